The molecule has 0 spiro atoms. The minimum atomic E-state index is -3.83. The molecule has 8 heteroatoms. The molecular formula is C8H11NO5S2. The number of hydrogen-bond acceptors (Lipinski definition) is 6. The van der Waals surface area contributed by atoms with E-state index in [2.05, 4.69) is 9.57 Å². The van der Waals surface area contributed by atoms with Gasteiger partial charge in [0.2, 0.25) is 0 Å². The first kappa shape index (κ1) is 13.1. The zero-order valence-corrected chi connectivity index (χ0v) is 10.4. The van der Waals surface area contributed by atoms with Crippen LogP contribution in [0.15, 0.2) is 16.3 Å². The summed E-state index contributed by atoms with van der Waals surface area (Å²) in [5.41, 5.74) is 0. The van der Waals surface area contributed by atoms with Crippen molar-refractivity contribution in [1.29, 1.82) is 0 Å². The summed E-state index contributed by atoms with van der Waals surface area (Å²) in [6, 6.07) is 1.32. The van der Waals surface area contributed by atoms with Crippen molar-refractivity contribution in [2.45, 2.75) is 11.8 Å². The van der Waals surface area contributed by atoms with E-state index < -0.39 is 16.0 Å². The SMILES string of the molecule is CCONS(=O)(=O)c1ccsc1C(=O)OC. The van der Waals surface area contributed by atoms with Crippen LogP contribution in [0.2, 0.25) is 0 Å². The summed E-state index contributed by atoms with van der Waals surface area (Å²) in [7, 11) is -2.64. The van der Waals surface area contributed by atoms with Crippen molar-refractivity contribution < 1.29 is 22.8 Å². The molecule has 6 nitrogen and oxygen atoms in total. The molecule has 1 aromatic heterocycles. The molecular weight excluding hydrogens is 254 g/mol. The van der Waals surface area contributed by atoms with Gasteiger partial charge in [0.15, 0.2) is 0 Å². The van der Waals surface area contributed by atoms with Crippen molar-refractivity contribution in [3.05, 3.63) is 16.3 Å². The van der Waals surface area contributed by atoms with E-state index in [9.17, 15) is 13.2 Å². The van der Waals surface area contributed by atoms with Crippen molar-refractivity contribution >= 4 is 27.3 Å². The summed E-state index contributed by atoms with van der Waals surface area (Å²) in [5.74, 6) is -0.688. The number of carbonyl (C=O) groups is 1. The fraction of sp³-hybridized carbons (Fsp3) is 0.375. The van der Waals surface area contributed by atoms with E-state index in [1.54, 1.807) is 6.92 Å². The number of esters is 1. The van der Waals surface area contributed by atoms with E-state index >= 15 is 0 Å². The predicted octanol–water partition coefficient (Wildman–Crippen LogP) is 0.765. The first-order chi connectivity index (χ1) is 7.53. The Bertz CT molecular complexity index is 465. The molecule has 0 aliphatic rings. The minimum Gasteiger partial charge on any atom is -0.465 e. The number of carbonyl (C=O) groups excluding carboxylic acids is 1. The largest absolute Gasteiger partial charge is 0.465 e. The Morgan fingerprint density at radius 2 is 2.25 bits per heavy atom. The molecule has 0 aliphatic carbocycles. The molecule has 1 rings (SSSR count). The first-order valence-corrected chi connectivity index (χ1v) is 6.68. The Hall–Kier alpha value is -0.960. The van der Waals surface area contributed by atoms with Gasteiger partial charge < -0.3 is 4.74 Å². The highest BCUT2D eigenvalue weighted by Gasteiger charge is 2.24. The van der Waals surface area contributed by atoms with Crippen molar-refractivity contribution in [1.82, 2.24) is 4.89 Å². The highest BCUT2D eigenvalue weighted by molar-refractivity contribution is 7.89. The van der Waals surface area contributed by atoms with Gasteiger partial charge in [-0.1, -0.05) is 4.89 Å². The lowest BCUT2D eigenvalue weighted by atomic mass is 10.5. The number of rotatable bonds is 5. The molecule has 1 aromatic rings. The van der Waals surface area contributed by atoms with E-state index in [1.165, 1.54) is 18.6 Å². The summed E-state index contributed by atoms with van der Waals surface area (Å²) in [6.45, 7) is 1.83. The molecule has 90 valence electrons. The quantitative estimate of drug-likeness (QED) is 0.628. The molecule has 0 saturated carbocycles. The standard InChI is InChI=1S/C8H11NO5S2/c1-3-14-9-16(11,12)6-4-5-15-7(6)8(10)13-2/h4-5,9H,3H2,1-2H3. The Kier molecular flexibility index (Phi) is 4.42. The molecule has 0 fully saturated rings. The molecule has 0 aromatic carbocycles. The maximum atomic E-state index is 11.7. The van der Waals surface area contributed by atoms with Crippen LogP contribution < -0.4 is 4.89 Å². The lowest BCUT2D eigenvalue weighted by molar-refractivity contribution is 0.0601. The maximum Gasteiger partial charge on any atom is 0.349 e. The lowest BCUT2D eigenvalue weighted by Crippen LogP contribution is -2.25. The normalized spacial score (nSPS) is 11.4. The zero-order chi connectivity index (χ0) is 12.2. The van der Waals surface area contributed by atoms with Crippen LogP contribution in [0, 0.1) is 0 Å². The maximum absolute atomic E-state index is 11.7. The van der Waals surface area contributed by atoms with Gasteiger partial charge in [0.25, 0.3) is 10.0 Å². The summed E-state index contributed by atoms with van der Waals surface area (Å²) >= 11 is 0.993. The molecule has 1 N–H and O–H groups in total. The molecule has 0 radical (unpaired) electrons. The first-order valence-electron chi connectivity index (χ1n) is 4.32. The van der Waals surface area contributed by atoms with Crippen molar-refractivity contribution in [3.63, 3.8) is 0 Å². The van der Waals surface area contributed by atoms with Crippen LogP contribution in [0.4, 0.5) is 0 Å². The molecule has 0 bridgehead atoms. The number of thiophene rings is 1. The Balaban J connectivity index is 3.04. The molecule has 0 saturated heterocycles. The minimum absolute atomic E-state index is 0.0229. The van der Waals surface area contributed by atoms with E-state index in [-0.39, 0.29) is 16.4 Å². The van der Waals surface area contributed by atoms with Gasteiger partial charge in [0.05, 0.1) is 13.7 Å². The van der Waals surface area contributed by atoms with Gasteiger partial charge >= 0.3 is 5.97 Å². The zero-order valence-electron chi connectivity index (χ0n) is 8.72. The highest BCUT2D eigenvalue weighted by Crippen LogP contribution is 2.22. The Morgan fingerprint density at radius 3 is 2.81 bits per heavy atom. The average Bonchev–Trinajstić information content (AvgIpc) is 2.75. The van der Waals surface area contributed by atoms with E-state index in [4.69, 9.17) is 0 Å². The van der Waals surface area contributed by atoms with Crippen molar-refractivity contribution in [3.8, 4) is 0 Å². The molecule has 0 atom stereocenters. The van der Waals surface area contributed by atoms with Crippen LogP contribution >= 0.6 is 11.3 Å². The van der Waals surface area contributed by atoms with Crippen molar-refractivity contribution in [2.75, 3.05) is 13.7 Å². The van der Waals surface area contributed by atoms with Gasteiger partial charge in [-0.2, -0.15) is 0 Å². The predicted molar refractivity (Wildman–Crippen MR) is 57.6 cm³/mol. The molecule has 16 heavy (non-hydrogen) atoms. The smallest absolute Gasteiger partial charge is 0.349 e. The molecule has 0 amide bonds. The molecule has 0 aliphatic heterocycles. The molecule has 1 heterocycles. The fourth-order valence-corrected chi connectivity index (χ4v) is 3.13. The summed E-state index contributed by atoms with van der Waals surface area (Å²) < 4.78 is 27.8. The van der Waals surface area contributed by atoms with Gasteiger partial charge in [0, 0.05) is 0 Å². The third kappa shape index (κ3) is 2.79. The summed E-state index contributed by atoms with van der Waals surface area (Å²) in [6.07, 6.45) is 0. The number of methoxy groups -OCH3 is 1. The van der Waals surface area contributed by atoms with Crippen LogP contribution in [-0.2, 0) is 19.6 Å². The van der Waals surface area contributed by atoms with Crippen LogP contribution in [-0.4, -0.2) is 28.1 Å². The second kappa shape index (κ2) is 5.39. The van der Waals surface area contributed by atoms with Crippen LogP contribution in [0.25, 0.3) is 0 Å². The topological polar surface area (TPSA) is 81.7 Å². The second-order valence-electron chi connectivity index (χ2n) is 2.63. The van der Waals surface area contributed by atoms with E-state index in [1.807, 2.05) is 4.89 Å². The molecule has 0 unspecified atom stereocenters. The van der Waals surface area contributed by atoms with Gasteiger partial charge in [-0.05, 0) is 18.4 Å². The van der Waals surface area contributed by atoms with Crippen LogP contribution in [0.1, 0.15) is 16.6 Å². The highest BCUT2D eigenvalue weighted by atomic mass is 32.2. The van der Waals surface area contributed by atoms with Gasteiger partial charge in [-0.15, -0.1) is 11.3 Å². The third-order valence-electron chi connectivity index (χ3n) is 1.60. The summed E-state index contributed by atoms with van der Waals surface area (Å²) in [4.78, 5) is 17.7. The second-order valence-corrected chi connectivity index (χ2v) is 5.15. The number of hydrogen-bond donors (Lipinski definition) is 1. The number of ether oxygens (including phenoxy) is 1. The van der Waals surface area contributed by atoms with Gasteiger partial charge in [-0.25, -0.2) is 13.2 Å². The lowest BCUT2D eigenvalue weighted by Gasteiger charge is -2.05. The van der Waals surface area contributed by atoms with E-state index in [0.29, 0.717) is 0 Å². The van der Waals surface area contributed by atoms with Gasteiger partial charge in [0.1, 0.15) is 9.77 Å². The van der Waals surface area contributed by atoms with E-state index in [0.717, 1.165) is 11.3 Å². The Morgan fingerprint density at radius 1 is 1.56 bits per heavy atom. The average molecular weight is 265 g/mol. The van der Waals surface area contributed by atoms with Crippen molar-refractivity contribution in [2.24, 2.45) is 0 Å². The third-order valence-corrected chi connectivity index (χ3v) is 3.88. The van der Waals surface area contributed by atoms with Crippen LogP contribution in [0.3, 0.4) is 0 Å². The summed E-state index contributed by atoms with van der Waals surface area (Å²) in [5, 5.41) is 1.49. The fourth-order valence-electron chi connectivity index (χ4n) is 0.932. The Labute approximate surface area is 97.2 Å². The van der Waals surface area contributed by atoms with Crippen LogP contribution in [0.5, 0.6) is 0 Å². The monoisotopic (exact) mass is 265 g/mol. The number of nitrogens with one attached hydrogen (secondary N) is 1. The van der Waals surface area contributed by atoms with Gasteiger partial charge in [-0.3, -0.25) is 4.84 Å². The number of sulfonamides is 1.